The van der Waals surface area contributed by atoms with Crippen LogP contribution in [-0.2, 0) is 6.42 Å². The molecule has 100 valence electrons. The number of hydrogen-bond acceptors (Lipinski definition) is 4. The van der Waals surface area contributed by atoms with Gasteiger partial charge in [-0.1, -0.05) is 17.3 Å². The lowest BCUT2D eigenvalue weighted by Gasteiger charge is -2.16. The Morgan fingerprint density at radius 3 is 3.05 bits per heavy atom. The Morgan fingerprint density at radius 2 is 2.25 bits per heavy atom. The lowest BCUT2D eigenvalue weighted by molar-refractivity contribution is 0.319. The predicted octanol–water partition coefficient (Wildman–Crippen LogP) is 2.91. The second-order valence-corrected chi connectivity index (χ2v) is 4.66. The van der Waals surface area contributed by atoms with Gasteiger partial charge in [-0.15, -0.1) is 0 Å². The molecule has 2 aromatic rings. The highest BCUT2D eigenvalue weighted by molar-refractivity contribution is 5.87. The third-order valence-corrected chi connectivity index (χ3v) is 3.16. The third-order valence-electron chi connectivity index (χ3n) is 3.16. The van der Waals surface area contributed by atoms with Crippen molar-refractivity contribution in [1.29, 1.82) is 0 Å². The Balaban J connectivity index is 1.88. The molecule has 0 saturated carbocycles. The SMILES string of the molecule is ON=CC1=Cc2cc(Cc3cccnc3)ccc2OC1. The summed E-state index contributed by atoms with van der Waals surface area (Å²) in [5, 5.41) is 11.6. The molecule has 1 aliphatic rings. The first-order valence-electron chi connectivity index (χ1n) is 6.38. The second-order valence-electron chi connectivity index (χ2n) is 4.66. The fourth-order valence-corrected chi connectivity index (χ4v) is 2.24. The van der Waals surface area contributed by atoms with Gasteiger partial charge in [0.2, 0.25) is 0 Å². The Kier molecular flexibility index (Phi) is 3.46. The summed E-state index contributed by atoms with van der Waals surface area (Å²) in [6.07, 6.45) is 7.85. The lowest BCUT2D eigenvalue weighted by Crippen LogP contribution is -2.08. The summed E-state index contributed by atoms with van der Waals surface area (Å²) < 4.78 is 5.61. The minimum absolute atomic E-state index is 0.430. The molecule has 1 aromatic heterocycles. The normalized spacial score (nSPS) is 13.7. The molecule has 1 N–H and O–H groups in total. The van der Waals surface area contributed by atoms with Gasteiger partial charge in [-0.3, -0.25) is 4.98 Å². The maximum atomic E-state index is 8.58. The van der Waals surface area contributed by atoms with Crippen molar-refractivity contribution in [2.24, 2.45) is 5.16 Å². The number of hydrogen-bond donors (Lipinski definition) is 1. The van der Waals surface area contributed by atoms with Crippen molar-refractivity contribution >= 4 is 12.3 Å². The van der Waals surface area contributed by atoms with E-state index in [1.54, 1.807) is 6.20 Å². The molecule has 4 nitrogen and oxygen atoms in total. The van der Waals surface area contributed by atoms with Gasteiger partial charge in [0.05, 0.1) is 6.21 Å². The molecule has 0 bridgehead atoms. The van der Waals surface area contributed by atoms with Crippen LogP contribution in [0.1, 0.15) is 16.7 Å². The fraction of sp³-hybridized carbons (Fsp3) is 0.125. The van der Waals surface area contributed by atoms with Crippen molar-refractivity contribution < 1.29 is 9.94 Å². The van der Waals surface area contributed by atoms with Crippen LogP contribution in [0.4, 0.5) is 0 Å². The molecule has 20 heavy (non-hydrogen) atoms. The largest absolute Gasteiger partial charge is 0.488 e. The first kappa shape index (κ1) is 12.4. The minimum Gasteiger partial charge on any atom is -0.488 e. The standard InChI is InChI=1S/C16H14N2O2/c19-18-10-14-8-15-7-12(3-4-16(15)20-11-14)6-13-2-1-5-17-9-13/h1-5,7-10,19H,6,11H2. The molecule has 1 aliphatic heterocycles. The van der Waals surface area contributed by atoms with Crippen molar-refractivity contribution in [3.05, 3.63) is 65.0 Å². The summed E-state index contributed by atoms with van der Waals surface area (Å²) >= 11 is 0. The Bertz CT molecular complexity index is 663. The van der Waals surface area contributed by atoms with Gasteiger partial charge in [-0.25, -0.2) is 0 Å². The Hall–Kier alpha value is -2.62. The number of benzene rings is 1. The number of oxime groups is 1. The average Bonchev–Trinajstić information content (AvgIpc) is 2.48. The van der Waals surface area contributed by atoms with E-state index < -0.39 is 0 Å². The number of nitrogens with zero attached hydrogens (tertiary/aromatic N) is 2. The van der Waals surface area contributed by atoms with Crippen molar-refractivity contribution in [1.82, 2.24) is 4.98 Å². The van der Waals surface area contributed by atoms with E-state index in [9.17, 15) is 0 Å². The summed E-state index contributed by atoms with van der Waals surface area (Å²) in [6, 6.07) is 10.1. The number of rotatable bonds is 3. The molecular formula is C16H14N2O2. The average molecular weight is 266 g/mol. The molecule has 0 radical (unpaired) electrons. The maximum absolute atomic E-state index is 8.58. The molecular weight excluding hydrogens is 252 g/mol. The number of ether oxygens (including phenoxy) is 1. The summed E-state index contributed by atoms with van der Waals surface area (Å²) in [5.74, 6) is 0.857. The zero-order chi connectivity index (χ0) is 13.8. The number of pyridine rings is 1. The molecule has 0 atom stereocenters. The van der Waals surface area contributed by atoms with Gasteiger partial charge >= 0.3 is 0 Å². The molecule has 0 aliphatic carbocycles. The van der Waals surface area contributed by atoms with Crippen molar-refractivity contribution in [3.63, 3.8) is 0 Å². The van der Waals surface area contributed by atoms with E-state index >= 15 is 0 Å². The summed E-state index contributed by atoms with van der Waals surface area (Å²) in [7, 11) is 0. The van der Waals surface area contributed by atoms with Crippen molar-refractivity contribution in [3.8, 4) is 5.75 Å². The van der Waals surface area contributed by atoms with Gasteiger partial charge in [-0.2, -0.15) is 0 Å². The van der Waals surface area contributed by atoms with Crippen LogP contribution in [0.25, 0.3) is 6.08 Å². The summed E-state index contributed by atoms with van der Waals surface area (Å²) in [5.41, 5.74) is 4.22. The van der Waals surface area contributed by atoms with Gasteiger partial charge in [0.1, 0.15) is 12.4 Å². The third kappa shape index (κ3) is 2.69. The van der Waals surface area contributed by atoms with Crippen LogP contribution in [-0.4, -0.2) is 23.0 Å². The Labute approximate surface area is 117 Å². The van der Waals surface area contributed by atoms with Crippen LogP contribution in [0, 0.1) is 0 Å². The molecule has 4 heteroatoms. The highest BCUT2D eigenvalue weighted by atomic mass is 16.5. The molecule has 2 heterocycles. The summed E-state index contributed by atoms with van der Waals surface area (Å²) in [4.78, 5) is 4.12. The molecule has 0 spiro atoms. The van der Waals surface area contributed by atoms with E-state index in [1.807, 2.05) is 24.4 Å². The number of aromatic nitrogens is 1. The van der Waals surface area contributed by atoms with Gasteiger partial charge in [0.15, 0.2) is 0 Å². The van der Waals surface area contributed by atoms with E-state index in [1.165, 1.54) is 17.3 Å². The highest BCUT2D eigenvalue weighted by Crippen LogP contribution is 2.27. The molecule has 0 amide bonds. The van der Waals surface area contributed by atoms with E-state index in [-0.39, 0.29) is 0 Å². The molecule has 0 unspecified atom stereocenters. The topological polar surface area (TPSA) is 54.7 Å². The van der Waals surface area contributed by atoms with Crippen LogP contribution in [0.2, 0.25) is 0 Å². The van der Waals surface area contributed by atoms with Gasteiger partial charge in [-0.05, 0) is 41.8 Å². The van der Waals surface area contributed by atoms with Gasteiger partial charge < -0.3 is 9.94 Å². The highest BCUT2D eigenvalue weighted by Gasteiger charge is 2.11. The van der Waals surface area contributed by atoms with Crippen LogP contribution in [0.15, 0.2) is 53.5 Å². The van der Waals surface area contributed by atoms with Gasteiger partial charge in [0.25, 0.3) is 0 Å². The van der Waals surface area contributed by atoms with Crippen LogP contribution < -0.4 is 4.74 Å². The molecule has 0 fully saturated rings. The molecule has 3 rings (SSSR count). The van der Waals surface area contributed by atoms with E-state index in [4.69, 9.17) is 9.94 Å². The maximum Gasteiger partial charge on any atom is 0.127 e. The molecule has 0 saturated heterocycles. The predicted molar refractivity (Wildman–Crippen MR) is 77.2 cm³/mol. The summed E-state index contributed by atoms with van der Waals surface area (Å²) in [6.45, 7) is 0.430. The fourth-order valence-electron chi connectivity index (χ4n) is 2.24. The molecule has 1 aromatic carbocycles. The van der Waals surface area contributed by atoms with Crippen molar-refractivity contribution in [2.45, 2.75) is 6.42 Å². The van der Waals surface area contributed by atoms with Crippen LogP contribution in [0.5, 0.6) is 5.75 Å². The zero-order valence-electron chi connectivity index (χ0n) is 10.9. The first-order chi connectivity index (χ1) is 9.85. The van der Waals surface area contributed by atoms with E-state index in [0.717, 1.165) is 23.3 Å². The lowest BCUT2D eigenvalue weighted by atomic mass is 10.0. The smallest absolute Gasteiger partial charge is 0.127 e. The zero-order valence-corrected chi connectivity index (χ0v) is 10.9. The van der Waals surface area contributed by atoms with E-state index in [0.29, 0.717) is 6.61 Å². The monoisotopic (exact) mass is 266 g/mol. The minimum atomic E-state index is 0.430. The quantitative estimate of drug-likeness (QED) is 0.528. The van der Waals surface area contributed by atoms with Gasteiger partial charge in [0, 0.05) is 23.5 Å². The first-order valence-corrected chi connectivity index (χ1v) is 6.38. The van der Waals surface area contributed by atoms with E-state index in [2.05, 4.69) is 28.3 Å². The van der Waals surface area contributed by atoms with Crippen molar-refractivity contribution in [2.75, 3.05) is 6.61 Å². The van der Waals surface area contributed by atoms with Crippen LogP contribution >= 0.6 is 0 Å². The second kappa shape index (κ2) is 5.57. The Morgan fingerprint density at radius 1 is 1.30 bits per heavy atom. The van der Waals surface area contributed by atoms with Crippen LogP contribution in [0.3, 0.4) is 0 Å². The number of fused-ring (bicyclic) bond motifs is 1.